The Morgan fingerprint density at radius 1 is 0.757 bits per heavy atom. The molecule has 0 spiro atoms. The molecule has 8 heteroatoms. The summed E-state index contributed by atoms with van der Waals surface area (Å²) in [4.78, 5) is 17.0. The third-order valence-electron chi connectivity index (χ3n) is 6.69. The maximum Gasteiger partial charge on any atom is 0.418 e. The molecule has 190 valence electrons. The van der Waals surface area contributed by atoms with Gasteiger partial charge in [0, 0.05) is 36.8 Å². The Balaban J connectivity index is 1.58. The van der Waals surface area contributed by atoms with Gasteiger partial charge in [-0.05, 0) is 66.7 Å². The average Bonchev–Trinajstić information content (AvgIpc) is 3.34. The number of aromatic nitrogens is 1. The van der Waals surface area contributed by atoms with E-state index < -0.39 is 11.7 Å². The van der Waals surface area contributed by atoms with Crippen molar-refractivity contribution in [2.45, 2.75) is 6.18 Å². The van der Waals surface area contributed by atoms with E-state index in [4.69, 9.17) is 11.6 Å². The molecule has 5 rings (SSSR count). The number of halogens is 4. The molecule has 1 fully saturated rings. The lowest BCUT2D eigenvalue weighted by Gasteiger charge is -2.32. The van der Waals surface area contributed by atoms with Gasteiger partial charge in [-0.15, -0.1) is 0 Å². The fraction of sp³-hybridized carbons (Fsp3) is 0.207. The monoisotopic (exact) mass is 523 g/mol. The molecule has 1 aliphatic heterocycles. The van der Waals surface area contributed by atoms with E-state index in [9.17, 15) is 18.0 Å². The van der Waals surface area contributed by atoms with Crippen molar-refractivity contribution in [2.24, 2.45) is 0 Å². The van der Waals surface area contributed by atoms with Crippen LogP contribution in [0.1, 0.15) is 15.9 Å². The smallest absolute Gasteiger partial charge is 0.336 e. The lowest BCUT2D eigenvalue weighted by molar-refractivity contribution is -0.137. The van der Waals surface area contributed by atoms with E-state index in [-0.39, 0.29) is 11.6 Å². The first kappa shape index (κ1) is 25.1. The number of carbonyl (C=O) groups is 1. The lowest BCUT2D eigenvalue weighted by atomic mass is 10.1. The third-order valence-corrected chi connectivity index (χ3v) is 6.94. The Bertz CT molecular complexity index is 1400. The largest absolute Gasteiger partial charge is 0.418 e. The van der Waals surface area contributed by atoms with Gasteiger partial charge >= 0.3 is 6.18 Å². The number of para-hydroxylation sites is 1. The average molecular weight is 524 g/mol. The fourth-order valence-corrected chi connectivity index (χ4v) is 4.78. The first-order valence-electron chi connectivity index (χ1n) is 11.9. The predicted molar refractivity (Wildman–Crippen MR) is 140 cm³/mol. The molecular formula is C29H25ClF3N3O. The van der Waals surface area contributed by atoms with Gasteiger partial charge in [-0.2, -0.15) is 13.2 Å². The van der Waals surface area contributed by atoms with Gasteiger partial charge < -0.3 is 14.4 Å². The molecule has 0 N–H and O–H groups in total. The van der Waals surface area contributed by atoms with Gasteiger partial charge in [0.2, 0.25) is 0 Å². The fourth-order valence-electron chi connectivity index (χ4n) is 4.65. The second-order valence-electron chi connectivity index (χ2n) is 9.13. The lowest BCUT2D eigenvalue weighted by Crippen LogP contribution is -2.47. The number of alkyl halides is 3. The molecule has 0 atom stereocenters. The topological polar surface area (TPSA) is 28.5 Å². The van der Waals surface area contributed by atoms with Gasteiger partial charge in [0.25, 0.3) is 5.91 Å². The molecule has 37 heavy (non-hydrogen) atoms. The standard InChI is InChI=1S/C29H25ClF3N3O/c1-34-16-18-35(19-17-34)28(37)22-8-6-20(7-9-22)25-14-15-26(21-10-12-23(30)13-11-21)36(25)27-5-3-2-4-24(27)29(31,32)33/h2-15H,16-19H2,1H3. The van der Waals surface area contributed by atoms with Crippen LogP contribution in [0.2, 0.25) is 5.02 Å². The van der Waals surface area contributed by atoms with Crippen LogP contribution in [0.5, 0.6) is 0 Å². The van der Waals surface area contributed by atoms with E-state index >= 15 is 0 Å². The Hall–Kier alpha value is -3.55. The highest BCUT2D eigenvalue weighted by molar-refractivity contribution is 6.30. The zero-order valence-electron chi connectivity index (χ0n) is 20.2. The molecule has 1 aliphatic rings. The summed E-state index contributed by atoms with van der Waals surface area (Å²) in [6, 6.07) is 23.2. The van der Waals surface area contributed by atoms with Crippen LogP contribution in [0, 0.1) is 0 Å². The summed E-state index contributed by atoms with van der Waals surface area (Å²) in [7, 11) is 2.03. The van der Waals surface area contributed by atoms with Crippen molar-refractivity contribution < 1.29 is 18.0 Å². The summed E-state index contributed by atoms with van der Waals surface area (Å²) in [5.41, 5.74) is 2.46. The van der Waals surface area contributed by atoms with Crippen LogP contribution in [-0.2, 0) is 6.18 Å². The second kappa shape index (κ2) is 10.1. The number of piperazine rings is 1. The van der Waals surface area contributed by atoms with Crippen LogP contribution in [0.4, 0.5) is 13.2 Å². The summed E-state index contributed by atoms with van der Waals surface area (Å²) in [6.45, 7) is 2.98. The van der Waals surface area contributed by atoms with Crippen molar-refractivity contribution >= 4 is 17.5 Å². The Labute approximate surface area is 218 Å². The number of amides is 1. The van der Waals surface area contributed by atoms with Crippen molar-refractivity contribution in [2.75, 3.05) is 33.2 Å². The van der Waals surface area contributed by atoms with Gasteiger partial charge in [-0.3, -0.25) is 4.79 Å². The highest BCUT2D eigenvalue weighted by Gasteiger charge is 2.34. The van der Waals surface area contributed by atoms with Crippen molar-refractivity contribution in [1.82, 2.24) is 14.4 Å². The van der Waals surface area contributed by atoms with Crippen LogP contribution in [0.25, 0.3) is 28.2 Å². The van der Waals surface area contributed by atoms with Crippen LogP contribution in [0.3, 0.4) is 0 Å². The van der Waals surface area contributed by atoms with Crippen molar-refractivity contribution in [3.05, 3.63) is 101 Å². The van der Waals surface area contributed by atoms with Gasteiger partial charge in [0.15, 0.2) is 0 Å². The highest BCUT2D eigenvalue weighted by atomic mass is 35.5. The van der Waals surface area contributed by atoms with E-state index in [1.54, 1.807) is 71.3 Å². The van der Waals surface area contributed by atoms with Crippen LogP contribution < -0.4 is 0 Å². The molecule has 1 saturated heterocycles. The number of rotatable bonds is 4. The molecule has 0 radical (unpaired) electrons. The SMILES string of the molecule is CN1CCN(C(=O)c2ccc(-c3ccc(-c4ccc(Cl)cc4)n3-c3ccccc3C(F)(F)F)cc2)CC1. The summed E-state index contributed by atoms with van der Waals surface area (Å²) < 4.78 is 43.7. The highest BCUT2D eigenvalue weighted by Crippen LogP contribution is 2.39. The molecule has 0 saturated carbocycles. The van der Waals surface area contributed by atoms with Crippen LogP contribution >= 0.6 is 11.6 Å². The molecule has 1 amide bonds. The Morgan fingerprint density at radius 3 is 1.86 bits per heavy atom. The van der Waals surface area contributed by atoms with Crippen molar-refractivity contribution in [1.29, 1.82) is 0 Å². The zero-order chi connectivity index (χ0) is 26.2. The van der Waals surface area contributed by atoms with E-state index in [0.29, 0.717) is 40.6 Å². The zero-order valence-corrected chi connectivity index (χ0v) is 20.9. The Kier molecular flexibility index (Phi) is 6.84. The molecule has 0 unspecified atom stereocenters. The third kappa shape index (κ3) is 5.15. The molecule has 3 aromatic carbocycles. The molecule has 1 aromatic heterocycles. The normalized spacial score (nSPS) is 14.7. The van der Waals surface area contributed by atoms with E-state index in [2.05, 4.69) is 4.90 Å². The van der Waals surface area contributed by atoms with Gasteiger partial charge in [-0.25, -0.2) is 0 Å². The number of benzene rings is 3. The van der Waals surface area contributed by atoms with E-state index in [0.717, 1.165) is 24.7 Å². The second-order valence-corrected chi connectivity index (χ2v) is 9.57. The summed E-state index contributed by atoms with van der Waals surface area (Å²) in [5.74, 6) is -0.0423. The number of hydrogen-bond acceptors (Lipinski definition) is 2. The first-order valence-corrected chi connectivity index (χ1v) is 12.3. The first-order chi connectivity index (χ1) is 17.7. The Morgan fingerprint density at radius 2 is 1.30 bits per heavy atom. The maximum absolute atomic E-state index is 14.0. The minimum atomic E-state index is -4.53. The number of likely N-dealkylation sites (N-methyl/N-ethyl adjacent to an activating group) is 1. The molecule has 4 nitrogen and oxygen atoms in total. The maximum atomic E-state index is 14.0. The molecule has 4 aromatic rings. The van der Waals surface area contributed by atoms with Gasteiger partial charge in [0.05, 0.1) is 22.6 Å². The summed E-state index contributed by atoms with van der Waals surface area (Å²) in [6.07, 6.45) is -4.53. The number of hydrogen-bond donors (Lipinski definition) is 0. The molecular weight excluding hydrogens is 499 g/mol. The van der Waals surface area contributed by atoms with Crippen molar-refractivity contribution in [3.63, 3.8) is 0 Å². The number of nitrogens with zero attached hydrogens (tertiary/aromatic N) is 3. The van der Waals surface area contributed by atoms with E-state index in [1.165, 1.54) is 12.1 Å². The van der Waals surface area contributed by atoms with Crippen LogP contribution in [0.15, 0.2) is 84.9 Å². The molecule has 2 heterocycles. The van der Waals surface area contributed by atoms with Gasteiger partial charge in [0.1, 0.15) is 0 Å². The number of carbonyl (C=O) groups excluding carboxylic acids is 1. The van der Waals surface area contributed by atoms with E-state index in [1.807, 2.05) is 11.9 Å². The predicted octanol–water partition coefficient (Wildman–Crippen LogP) is 6.87. The molecule has 0 bridgehead atoms. The summed E-state index contributed by atoms with van der Waals surface area (Å²) in [5, 5.41) is 0.540. The molecule has 0 aliphatic carbocycles. The van der Waals surface area contributed by atoms with Crippen LogP contribution in [-0.4, -0.2) is 53.5 Å². The minimum Gasteiger partial charge on any atom is -0.336 e. The summed E-state index contributed by atoms with van der Waals surface area (Å²) >= 11 is 6.06. The minimum absolute atomic E-state index is 0.0255. The van der Waals surface area contributed by atoms with Gasteiger partial charge in [-0.1, -0.05) is 48.0 Å². The quantitative estimate of drug-likeness (QED) is 0.292. The van der Waals surface area contributed by atoms with Crippen molar-refractivity contribution in [3.8, 4) is 28.2 Å².